The predicted octanol–water partition coefficient (Wildman–Crippen LogP) is 6.93. The van der Waals surface area contributed by atoms with Crippen LogP contribution in [0.25, 0.3) is 39.0 Å². The van der Waals surface area contributed by atoms with Crippen LogP contribution in [-0.2, 0) is 28.5 Å². The number of benzene rings is 2. The molecule has 66 heavy (non-hydrogen) atoms. The minimum atomic E-state index is -0.708. The number of imidazole rings is 1. The number of allylic oxidation sites excluding steroid dienone is 1. The molecule has 2 aromatic heterocycles. The zero-order chi connectivity index (χ0) is 45.9. The fraction of sp³-hybridized carbons (Fsp3) is 0.500. The lowest BCUT2D eigenvalue weighted by molar-refractivity contribution is -0.137. The fourth-order valence-electron chi connectivity index (χ4n) is 10.5. The molecule has 0 saturated carbocycles. The molecule has 16 nitrogen and oxygen atoms in total. The zero-order valence-electron chi connectivity index (χ0n) is 38.2. The van der Waals surface area contributed by atoms with Gasteiger partial charge in [0, 0.05) is 63.2 Å². The van der Waals surface area contributed by atoms with E-state index in [4.69, 9.17) is 33.9 Å². The highest BCUT2D eigenvalue weighted by Crippen LogP contribution is 2.38. The van der Waals surface area contributed by atoms with Crippen LogP contribution in [0.1, 0.15) is 76.2 Å². The topological polar surface area (TPSA) is 190 Å². The number of aromatic nitrogens is 3. The van der Waals surface area contributed by atoms with Crippen LogP contribution in [0.3, 0.4) is 0 Å². The van der Waals surface area contributed by atoms with Gasteiger partial charge in [-0.25, -0.2) is 19.6 Å². The summed E-state index contributed by atoms with van der Waals surface area (Å²) in [5, 5.41) is 6.68. The van der Waals surface area contributed by atoms with E-state index in [0.717, 1.165) is 63.1 Å². The second kappa shape index (κ2) is 19.8. The highest BCUT2D eigenvalue weighted by atomic mass is 16.5. The van der Waals surface area contributed by atoms with Crippen molar-refractivity contribution in [3.63, 3.8) is 0 Å². The summed E-state index contributed by atoms with van der Waals surface area (Å²) in [5.41, 5.74) is 7.65. The number of alkyl carbamates (subject to hydrolysis) is 2. The molecule has 3 N–H and O–H groups in total. The third kappa shape index (κ3) is 9.57. The lowest BCUT2D eigenvalue weighted by Gasteiger charge is -2.34. The second-order valence-corrected chi connectivity index (χ2v) is 18.6. The van der Waals surface area contributed by atoms with Crippen molar-refractivity contribution in [1.29, 1.82) is 0 Å². The molecule has 9 rings (SSSR count). The molecule has 4 fully saturated rings. The summed E-state index contributed by atoms with van der Waals surface area (Å²) in [7, 11) is 2.63. The van der Waals surface area contributed by atoms with Crippen LogP contribution in [-0.4, -0.2) is 126 Å². The summed E-state index contributed by atoms with van der Waals surface area (Å²) >= 11 is 0. The summed E-state index contributed by atoms with van der Waals surface area (Å²) in [6.45, 7) is 7.69. The molecule has 0 aliphatic carbocycles. The van der Waals surface area contributed by atoms with E-state index in [1.165, 1.54) is 14.2 Å². The molecule has 5 aliphatic rings. The van der Waals surface area contributed by atoms with E-state index in [2.05, 4.69) is 71.9 Å². The molecular weight excluding hydrogens is 841 g/mol. The molecule has 0 spiro atoms. The van der Waals surface area contributed by atoms with Gasteiger partial charge in [0.05, 0.1) is 49.4 Å². The molecule has 0 radical (unpaired) electrons. The highest BCUT2D eigenvalue weighted by molar-refractivity contribution is 6.04. The number of nitrogens with one attached hydrogen (secondary N) is 3. The number of pyridine rings is 1. The molecule has 6 atom stereocenters. The van der Waals surface area contributed by atoms with Gasteiger partial charge < -0.3 is 44.4 Å². The maximum Gasteiger partial charge on any atom is 0.407 e. The predicted molar refractivity (Wildman–Crippen MR) is 248 cm³/mol. The highest BCUT2D eigenvalue weighted by Gasteiger charge is 2.44. The van der Waals surface area contributed by atoms with Gasteiger partial charge in [-0.15, -0.1) is 0 Å². The van der Waals surface area contributed by atoms with Crippen LogP contribution in [0.4, 0.5) is 9.59 Å². The van der Waals surface area contributed by atoms with Crippen molar-refractivity contribution < 1.29 is 38.1 Å². The standard InChI is InChI=1S/C50H60N8O8/c1-29-21-42(57(27-29)47(59)44(55-49(61)63-3)33-13-17-65-18-14-33)40-24-37(25-51-40)32-7-5-31(6-8-32)35-9-11-38-36(23-35)10-12-39(53-38)41-26-52-46(54-41)43-22-30(2)28-58(43)48(60)45(56-50(62)64-4)34-15-19-66-20-16-34/h5-12,23,25-26,29-30,33-34,42-45H,13-22,24,27-28H2,1-4H3,(H,52,54)(H,55,61)(H,56,62)/t29-,30-,42-,43?,44-,45-/m0/s1. The van der Waals surface area contributed by atoms with Crippen LogP contribution in [0.5, 0.6) is 0 Å². The van der Waals surface area contributed by atoms with Gasteiger partial charge in [0.15, 0.2) is 0 Å². The molecule has 7 heterocycles. The molecule has 348 valence electrons. The van der Waals surface area contributed by atoms with E-state index in [1.54, 1.807) is 6.20 Å². The lowest BCUT2D eigenvalue weighted by Crippen LogP contribution is -2.55. The molecule has 4 amide bonds. The fourth-order valence-corrected chi connectivity index (χ4v) is 10.5. The maximum absolute atomic E-state index is 14.2. The number of carbonyl (C=O) groups is 4. The van der Waals surface area contributed by atoms with Gasteiger partial charge in [-0.05, 0) is 103 Å². The largest absolute Gasteiger partial charge is 0.453 e. The number of amides is 4. The number of nitrogens with zero attached hydrogens (tertiary/aromatic N) is 5. The van der Waals surface area contributed by atoms with E-state index in [1.807, 2.05) is 28.1 Å². The zero-order valence-corrected chi connectivity index (χ0v) is 38.2. The third-order valence-corrected chi connectivity index (χ3v) is 14.1. The minimum Gasteiger partial charge on any atom is -0.453 e. The van der Waals surface area contributed by atoms with Crippen molar-refractivity contribution in [2.24, 2.45) is 28.7 Å². The maximum atomic E-state index is 14.2. The van der Waals surface area contributed by atoms with E-state index >= 15 is 0 Å². The summed E-state index contributed by atoms with van der Waals surface area (Å²) in [5.74, 6) is 0.971. The minimum absolute atomic E-state index is 0.0209. The average Bonchev–Trinajstić information content (AvgIpc) is 4.19. The number of H-pyrrole nitrogens is 1. The Balaban J connectivity index is 0.851. The number of ether oxygens (including phenoxy) is 4. The average molecular weight is 901 g/mol. The Morgan fingerprint density at radius 3 is 1.89 bits per heavy atom. The Bertz CT molecular complexity index is 2490. The van der Waals surface area contributed by atoms with Crippen LogP contribution in [0, 0.1) is 23.7 Å². The van der Waals surface area contributed by atoms with E-state index < -0.39 is 24.3 Å². The third-order valence-electron chi connectivity index (χ3n) is 14.1. The number of hydrogen-bond donors (Lipinski definition) is 3. The first-order chi connectivity index (χ1) is 32.1. The Labute approximate surface area is 384 Å². The number of likely N-dealkylation sites (tertiary alicyclic amines) is 2. The van der Waals surface area contributed by atoms with Gasteiger partial charge in [-0.1, -0.05) is 50.2 Å². The monoisotopic (exact) mass is 900 g/mol. The Kier molecular flexibility index (Phi) is 13.5. The number of fused-ring (bicyclic) bond motifs is 1. The van der Waals surface area contributed by atoms with Gasteiger partial charge in [0.2, 0.25) is 11.8 Å². The Morgan fingerprint density at radius 1 is 0.727 bits per heavy atom. The Morgan fingerprint density at radius 2 is 1.29 bits per heavy atom. The first-order valence-electron chi connectivity index (χ1n) is 23.3. The van der Waals surface area contributed by atoms with Crippen molar-refractivity contribution in [3.8, 4) is 22.5 Å². The molecule has 5 aliphatic heterocycles. The van der Waals surface area contributed by atoms with Crippen molar-refractivity contribution >= 4 is 46.2 Å². The number of aliphatic imine (C=N–C) groups is 1. The van der Waals surface area contributed by atoms with Crippen molar-refractivity contribution in [2.75, 3.05) is 53.7 Å². The molecule has 2 aromatic carbocycles. The van der Waals surface area contributed by atoms with Gasteiger partial charge in [-0.3, -0.25) is 14.6 Å². The molecular formula is C50H60N8O8. The number of methoxy groups -OCH3 is 2. The SMILES string of the molecule is COC(=O)N[C@H](C(=O)N1C[C@@H](C)CC1c1ncc(-c2ccc3cc(-c4ccc(C5=CN=C([C@@H]6C[C@H](C)CN6C(=O)[C@@H](NC(=O)OC)C6CCOCC6)C5)cc4)ccc3n2)[nH]1)C1CCOCC1. The van der Waals surface area contributed by atoms with Gasteiger partial charge >= 0.3 is 12.2 Å². The van der Waals surface area contributed by atoms with Crippen molar-refractivity contribution in [3.05, 3.63) is 78.4 Å². The molecule has 1 unspecified atom stereocenters. The summed E-state index contributed by atoms with van der Waals surface area (Å²) in [6, 6.07) is 17.0. The summed E-state index contributed by atoms with van der Waals surface area (Å²) in [6.07, 6.45) is 7.47. The first kappa shape index (κ1) is 45.0. The number of aromatic amines is 1. The molecule has 0 bridgehead atoms. The molecule has 4 aromatic rings. The molecule has 16 heteroatoms. The number of hydrogen-bond acceptors (Lipinski definition) is 11. The second-order valence-electron chi connectivity index (χ2n) is 18.6. The van der Waals surface area contributed by atoms with Crippen LogP contribution in [0.15, 0.2) is 72.0 Å². The van der Waals surface area contributed by atoms with Crippen LogP contribution < -0.4 is 10.6 Å². The van der Waals surface area contributed by atoms with E-state index in [9.17, 15) is 19.2 Å². The summed E-state index contributed by atoms with van der Waals surface area (Å²) < 4.78 is 20.9. The van der Waals surface area contributed by atoms with Gasteiger partial charge in [0.1, 0.15) is 17.9 Å². The normalized spacial score (nSPS) is 23.6. The van der Waals surface area contributed by atoms with E-state index in [-0.39, 0.29) is 41.7 Å². The van der Waals surface area contributed by atoms with Crippen molar-refractivity contribution in [2.45, 2.75) is 83.0 Å². The van der Waals surface area contributed by atoms with Gasteiger partial charge in [0.25, 0.3) is 0 Å². The Hall–Kier alpha value is -6.13. The van der Waals surface area contributed by atoms with Gasteiger partial charge in [-0.2, -0.15) is 0 Å². The van der Waals surface area contributed by atoms with E-state index in [0.29, 0.717) is 83.4 Å². The smallest absolute Gasteiger partial charge is 0.407 e. The van der Waals surface area contributed by atoms with Crippen molar-refractivity contribution in [1.82, 2.24) is 35.4 Å². The number of carbonyl (C=O) groups excluding carboxylic acids is 4. The van der Waals surface area contributed by atoms with Crippen LogP contribution >= 0.6 is 0 Å². The molecule has 4 saturated heterocycles. The quantitative estimate of drug-likeness (QED) is 0.142. The summed E-state index contributed by atoms with van der Waals surface area (Å²) in [4.78, 5) is 75.0. The number of rotatable bonds is 11. The van der Waals surface area contributed by atoms with Crippen LogP contribution in [0.2, 0.25) is 0 Å². The first-order valence-corrected chi connectivity index (χ1v) is 23.3. The lowest BCUT2D eigenvalue weighted by atomic mass is 9.90.